The molecule has 0 bridgehead atoms. The molecule has 0 fully saturated rings. The maximum Gasteiger partial charge on any atom is 0.130 e. The molecule has 0 radical (unpaired) electrons. The molecule has 2 unspecified atom stereocenters. The van der Waals surface area contributed by atoms with Gasteiger partial charge in [-0.05, 0) is 60.2 Å². The Morgan fingerprint density at radius 3 is 2.92 bits per heavy atom. The van der Waals surface area contributed by atoms with E-state index >= 15 is 0 Å². The number of aromatic nitrogens is 2. The second kappa shape index (κ2) is 7.22. The molecular weight excluding hydrogens is 349 g/mol. The van der Waals surface area contributed by atoms with E-state index in [0.29, 0.717) is 0 Å². The molecule has 0 spiro atoms. The van der Waals surface area contributed by atoms with Gasteiger partial charge in [0.1, 0.15) is 11.6 Å². The summed E-state index contributed by atoms with van der Waals surface area (Å²) in [6.45, 7) is 0. The summed E-state index contributed by atoms with van der Waals surface area (Å²) < 4.78 is 15.8. The van der Waals surface area contributed by atoms with Crippen molar-refractivity contribution < 1.29 is 4.39 Å². The Kier molecular flexibility index (Phi) is 4.79. The molecule has 3 nitrogen and oxygen atoms in total. The van der Waals surface area contributed by atoms with Crippen molar-refractivity contribution in [1.29, 1.82) is 0 Å². The van der Waals surface area contributed by atoms with Gasteiger partial charge in [-0.2, -0.15) is 0 Å². The molecule has 3 aromatic rings. The van der Waals surface area contributed by atoms with E-state index in [-0.39, 0.29) is 17.9 Å². The summed E-state index contributed by atoms with van der Waals surface area (Å²) in [5.41, 5.74) is 3.43. The average Bonchev–Trinajstić information content (AvgIpc) is 3.05. The first kappa shape index (κ1) is 17.3. The summed E-state index contributed by atoms with van der Waals surface area (Å²) in [7, 11) is 1.96. The van der Waals surface area contributed by atoms with Crippen molar-refractivity contribution in [3.8, 4) is 0 Å². The van der Waals surface area contributed by atoms with Crippen LogP contribution in [0.2, 0.25) is 5.02 Å². The van der Waals surface area contributed by atoms with Crippen LogP contribution in [-0.4, -0.2) is 9.55 Å². The topological polar surface area (TPSA) is 29.9 Å². The Morgan fingerprint density at radius 2 is 2.15 bits per heavy atom. The first-order valence-corrected chi connectivity index (χ1v) is 9.26. The number of fused-ring (bicyclic) bond motifs is 1. The highest BCUT2D eigenvalue weighted by Gasteiger charge is 2.26. The van der Waals surface area contributed by atoms with Crippen molar-refractivity contribution in [2.75, 3.05) is 0 Å². The van der Waals surface area contributed by atoms with Crippen LogP contribution in [0.25, 0.3) is 0 Å². The molecule has 4 rings (SSSR count). The number of halogens is 2. The monoisotopic (exact) mass is 369 g/mol. The molecule has 0 amide bonds. The van der Waals surface area contributed by atoms with Crippen LogP contribution in [0.1, 0.15) is 47.4 Å². The number of aryl methyl sites for hydroxylation is 2. The number of imidazole rings is 1. The minimum atomic E-state index is -0.240. The predicted octanol–water partition coefficient (Wildman–Crippen LogP) is 4.97. The van der Waals surface area contributed by atoms with E-state index in [4.69, 9.17) is 11.6 Å². The summed E-state index contributed by atoms with van der Waals surface area (Å²) in [4.78, 5) is 4.51. The first-order valence-electron chi connectivity index (χ1n) is 8.89. The van der Waals surface area contributed by atoms with Crippen molar-refractivity contribution in [2.45, 2.75) is 31.3 Å². The van der Waals surface area contributed by atoms with Gasteiger partial charge in [0, 0.05) is 30.5 Å². The largest absolute Gasteiger partial charge is 0.336 e. The predicted molar refractivity (Wildman–Crippen MR) is 102 cm³/mol. The van der Waals surface area contributed by atoms with Gasteiger partial charge in [-0.1, -0.05) is 29.8 Å². The van der Waals surface area contributed by atoms with Gasteiger partial charge in [0.15, 0.2) is 0 Å². The summed E-state index contributed by atoms with van der Waals surface area (Å²) in [6.07, 6.45) is 6.88. The molecule has 1 heterocycles. The van der Waals surface area contributed by atoms with Gasteiger partial charge in [0.25, 0.3) is 0 Å². The molecule has 1 aromatic heterocycles. The minimum absolute atomic E-state index is 0.155. The molecule has 0 saturated heterocycles. The van der Waals surface area contributed by atoms with E-state index in [0.717, 1.165) is 35.7 Å². The SMILES string of the molecule is Cn1ccnc1C(NC1CCCc2ccc(Cl)cc21)c1cccc(F)c1. The van der Waals surface area contributed by atoms with E-state index in [1.165, 1.54) is 17.2 Å². The van der Waals surface area contributed by atoms with Crippen molar-refractivity contribution in [3.05, 3.63) is 88.2 Å². The van der Waals surface area contributed by atoms with Gasteiger partial charge >= 0.3 is 0 Å². The molecule has 0 saturated carbocycles. The van der Waals surface area contributed by atoms with Crippen LogP contribution in [0.4, 0.5) is 4.39 Å². The molecule has 2 aromatic carbocycles. The van der Waals surface area contributed by atoms with Gasteiger partial charge < -0.3 is 4.57 Å². The molecule has 5 heteroatoms. The fourth-order valence-electron chi connectivity index (χ4n) is 3.81. The summed E-state index contributed by atoms with van der Waals surface area (Å²) >= 11 is 6.25. The Labute approximate surface area is 157 Å². The second-order valence-electron chi connectivity index (χ2n) is 6.84. The zero-order chi connectivity index (χ0) is 18.1. The molecule has 26 heavy (non-hydrogen) atoms. The lowest BCUT2D eigenvalue weighted by Crippen LogP contribution is -2.31. The van der Waals surface area contributed by atoms with Gasteiger partial charge in [-0.25, -0.2) is 9.37 Å². The molecule has 1 aliphatic rings. The zero-order valence-corrected chi connectivity index (χ0v) is 15.4. The highest BCUT2D eigenvalue weighted by atomic mass is 35.5. The lowest BCUT2D eigenvalue weighted by atomic mass is 9.87. The van der Waals surface area contributed by atoms with Crippen molar-refractivity contribution in [1.82, 2.24) is 14.9 Å². The number of hydrogen-bond donors (Lipinski definition) is 1. The van der Waals surface area contributed by atoms with Crippen LogP contribution in [0.15, 0.2) is 54.9 Å². The normalized spacial score (nSPS) is 17.7. The van der Waals surface area contributed by atoms with Crippen LogP contribution in [0.3, 0.4) is 0 Å². The summed E-state index contributed by atoms with van der Waals surface area (Å²) in [5, 5.41) is 4.46. The van der Waals surface area contributed by atoms with E-state index < -0.39 is 0 Å². The second-order valence-corrected chi connectivity index (χ2v) is 7.28. The Morgan fingerprint density at radius 1 is 1.27 bits per heavy atom. The lowest BCUT2D eigenvalue weighted by molar-refractivity contribution is 0.414. The van der Waals surface area contributed by atoms with Crippen LogP contribution in [0.5, 0.6) is 0 Å². The number of benzene rings is 2. The van der Waals surface area contributed by atoms with Crippen LogP contribution >= 0.6 is 11.6 Å². The standard InChI is InChI=1S/C21H21ClFN3/c1-26-11-10-24-21(26)20(15-5-2-6-17(23)12-15)25-19-7-3-4-14-8-9-16(22)13-18(14)19/h2,5-6,8-13,19-20,25H,3-4,7H2,1H3. The summed E-state index contributed by atoms with van der Waals surface area (Å²) in [5.74, 6) is 0.625. The zero-order valence-electron chi connectivity index (χ0n) is 14.6. The lowest BCUT2D eigenvalue weighted by Gasteiger charge is -2.31. The van der Waals surface area contributed by atoms with E-state index in [2.05, 4.69) is 22.4 Å². The van der Waals surface area contributed by atoms with Gasteiger partial charge in [0.2, 0.25) is 0 Å². The molecule has 134 valence electrons. The number of nitrogens with one attached hydrogen (secondary N) is 1. The third kappa shape index (κ3) is 3.39. The number of hydrogen-bond acceptors (Lipinski definition) is 2. The van der Waals surface area contributed by atoms with E-state index in [9.17, 15) is 4.39 Å². The molecule has 0 aliphatic heterocycles. The third-order valence-electron chi connectivity index (χ3n) is 5.09. The van der Waals surface area contributed by atoms with Gasteiger partial charge in [-0.3, -0.25) is 5.32 Å². The van der Waals surface area contributed by atoms with Crippen LogP contribution < -0.4 is 5.32 Å². The Bertz CT molecular complexity index is 921. The Balaban J connectivity index is 1.73. The summed E-state index contributed by atoms with van der Waals surface area (Å²) in [6, 6.07) is 12.8. The maximum atomic E-state index is 13.9. The quantitative estimate of drug-likeness (QED) is 0.703. The highest BCUT2D eigenvalue weighted by Crippen LogP contribution is 2.34. The van der Waals surface area contributed by atoms with Crippen LogP contribution in [0, 0.1) is 5.82 Å². The third-order valence-corrected chi connectivity index (χ3v) is 5.32. The van der Waals surface area contributed by atoms with Crippen LogP contribution in [-0.2, 0) is 13.5 Å². The number of rotatable bonds is 4. The number of nitrogens with zero attached hydrogens (tertiary/aromatic N) is 2. The molecular formula is C21H21ClFN3. The van der Waals surface area contributed by atoms with Gasteiger partial charge in [0.05, 0.1) is 6.04 Å². The highest BCUT2D eigenvalue weighted by molar-refractivity contribution is 6.30. The first-order chi connectivity index (χ1) is 12.6. The van der Waals surface area contributed by atoms with E-state index in [1.807, 2.05) is 29.9 Å². The molecule has 1 N–H and O–H groups in total. The smallest absolute Gasteiger partial charge is 0.130 e. The maximum absolute atomic E-state index is 13.9. The van der Waals surface area contributed by atoms with Gasteiger partial charge in [-0.15, -0.1) is 0 Å². The molecule has 2 atom stereocenters. The van der Waals surface area contributed by atoms with E-state index in [1.54, 1.807) is 18.3 Å². The fourth-order valence-corrected chi connectivity index (χ4v) is 3.99. The van der Waals surface area contributed by atoms with Crippen molar-refractivity contribution >= 4 is 11.6 Å². The fraction of sp³-hybridized carbons (Fsp3) is 0.286. The van der Waals surface area contributed by atoms with Crippen molar-refractivity contribution in [2.24, 2.45) is 7.05 Å². The minimum Gasteiger partial charge on any atom is -0.336 e. The molecule has 1 aliphatic carbocycles. The van der Waals surface area contributed by atoms with Crippen molar-refractivity contribution in [3.63, 3.8) is 0 Å². The average molecular weight is 370 g/mol. The Hall–Kier alpha value is -2.17.